The van der Waals surface area contributed by atoms with Crippen LogP contribution in [0.25, 0.3) is 0 Å². The lowest BCUT2D eigenvalue weighted by Gasteiger charge is -2.05. The number of hydrogen-bond donors (Lipinski definition) is 2. The summed E-state index contributed by atoms with van der Waals surface area (Å²) in [6.07, 6.45) is 3.90. The van der Waals surface area contributed by atoms with Gasteiger partial charge >= 0.3 is 0 Å². The smallest absolute Gasteiger partial charge is 0.220 e. The summed E-state index contributed by atoms with van der Waals surface area (Å²) in [5.74, 6) is -0.0426. The first-order chi connectivity index (χ1) is 10.2. The Bertz CT molecular complexity index is 446. The Kier molecular flexibility index (Phi) is 11.4. The molecule has 0 saturated heterocycles. The Morgan fingerprint density at radius 2 is 1.73 bits per heavy atom. The minimum Gasteiger partial charge on any atom is -0.355 e. The number of halogens is 1. The highest BCUT2D eigenvalue weighted by Gasteiger charge is 2.09. The molecule has 0 fully saturated rings. The van der Waals surface area contributed by atoms with Crippen molar-refractivity contribution < 1.29 is 9.59 Å². The highest BCUT2D eigenvalue weighted by Crippen LogP contribution is 2.10. The van der Waals surface area contributed by atoms with Gasteiger partial charge in [0.05, 0.1) is 0 Å². The van der Waals surface area contributed by atoms with Gasteiger partial charge in [-0.05, 0) is 25.5 Å². The number of aryl methyl sites for hydroxylation is 1. The lowest BCUT2D eigenvalue weighted by atomic mass is 10.0. The number of carbonyl (C=O) groups excluding carboxylic acids is 2. The molecule has 5 heteroatoms. The van der Waals surface area contributed by atoms with E-state index in [2.05, 4.69) is 17.6 Å². The van der Waals surface area contributed by atoms with Gasteiger partial charge in [0.25, 0.3) is 0 Å². The van der Waals surface area contributed by atoms with Crippen molar-refractivity contribution in [3.05, 3.63) is 35.4 Å². The zero-order chi connectivity index (χ0) is 15.5. The van der Waals surface area contributed by atoms with E-state index in [0.29, 0.717) is 12.1 Å². The molecule has 4 nitrogen and oxygen atoms in total. The first-order valence-corrected chi connectivity index (χ1v) is 7.70. The first-order valence-electron chi connectivity index (χ1n) is 7.70. The third-order valence-electron chi connectivity index (χ3n) is 3.37. The number of benzene rings is 1. The number of unbranched alkanes of at least 4 members (excludes halogenated alkanes) is 1. The predicted octanol–water partition coefficient (Wildman–Crippen LogP) is 2.75. The number of nitrogens with one attached hydrogen (secondary N) is 2. The number of carbonyl (C=O) groups is 2. The van der Waals surface area contributed by atoms with E-state index < -0.39 is 0 Å². The van der Waals surface area contributed by atoms with Crippen molar-refractivity contribution in [1.82, 2.24) is 10.6 Å². The van der Waals surface area contributed by atoms with E-state index in [-0.39, 0.29) is 36.9 Å². The Labute approximate surface area is 139 Å². The van der Waals surface area contributed by atoms with E-state index in [1.807, 2.05) is 31.3 Å². The quantitative estimate of drug-likeness (QED) is 0.513. The number of ketones is 1. The van der Waals surface area contributed by atoms with Gasteiger partial charge in [-0.2, -0.15) is 0 Å². The van der Waals surface area contributed by atoms with Crippen LogP contribution >= 0.6 is 12.4 Å². The number of hydrogen-bond acceptors (Lipinski definition) is 3. The van der Waals surface area contributed by atoms with Crippen LogP contribution in [0.2, 0.25) is 0 Å². The topological polar surface area (TPSA) is 58.2 Å². The van der Waals surface area contributed by atoms with E-state index >= 15 is 0 Å². The number of amides is 1. The molecule has 0 aliphatic heterocycles. The molecule has 0 unspecified atom stereocenters. The molecule has 0 aliphatic carbocycles. The summed E-state index contributed by atoms with van der Waals surface area (Å²) in [6.45, 7) is 3.49. The third kappa shape index (κ3) is 8.15. The molecule has 0 aromatic heterocycles. The second-order valence-electron chi connectivity index (χ2n) is 5.18. The van der Waals surface area contributed by atoms with E-state index in [9.17, 15) is 9.59 Å². The summed E-state index contributed by atoms with van der Waals surface area (Å²) in [5.41, 5.74) is 1.96. The van der Waals surface area contributed by atoms with Crippen LogP contribution in [0.15, 0.2) is 24.3 Å². The molecule has 0 atom stereocenters. The predicted molar refractivity (Wildman–Crippen MR) is 92.8 cm³/mol. The van der Waals surface area contributed by atoms with Gasteiger partial charge in [0.15, 0.2) is 5.78 Å². The van der Waals surface area contributed by atoms with E-state index in [1.165, 1.54) is 18.4 Å². The van der Waals surface area contributed by atoms with E-state index in [4.69, 9.17) is 0 Å². The monoisotopic (exact) mass is 326 g/mol. The molecule has 2 N–H and O–H groups in total. The summed E-state index contributed by atoms with van der Waals surface area (Å²) in [4.78, 5) is 23.5. The van der Waals surface area contributed by atoms with E-state index in [1.54, 1.807) is 0 Å². The first kappa shape index (κ1) is 20.6. The average molecular weight is 327 g/mol. The molecule has 1 amide bonds. The molecule has 124 valence electrons. The van der Waals surface area contributed by atoms with Crippen LogP contribution in [0.1, 0.15) is 48.5 Å². The minimum atomic E-state index is -0.0711. The van der Waals surface area contributed by atoms with Crippen molar-refractivity contribution in [2.45, 2.75) is 39.0 Å². The molecule has 0 bridgehead atoms. The Morgan fingerprint density at radius 3 is 2.32 bits per heavy atom. The largest absolute Gasteiger partial charge is 0.355 e. The fourth-order valence-corrected chi connectivity index (χ4v) is 2.02. The van der Waals surface area contributed by atoms with Gasteiger partial charge in [-0.25, -0.2) is 0 Å². The van der Waals surface area contributed by atoms with Crippen molar-refractivity contribution in [2.24, 2.45) is 0 Å². The zero-order valence-electron chi connectivity index (χ0n) is 13.5. The number of Topliss-reactive ketones (excluding diaryl/α,β-unsaturated/α-hetero) is 1. The van der Waals surface area contributed by atoms with Crippen LogP contribution in [-0.2, 0) is 11.2 Å². The molecular formula is C17H27ClN2O2. The molecule has 22 heavy (non-hydrogen) atoms. The Balaban J connectivity index is 0.00000441. The lowest BCUT2D eigenvalue weighted by molar-refractivity contribution is -0.121. The van der Waals surface area contributed by atoms with Crippen molar-refractivity contribution in [2.75, 3.05) is 20.1 Å². The fraction of sp³-hybridized carbons (Fsp3) is 0.529. The van der Waals surface area contributed by atoms with Gasteiger partial charge < -0.3 is 10.6 Å². The summed E-state index contributed by atoms with van der Waals surface area (Å²) >= 11 is 0. The van der Waals surface area contributed by atoms with Crippen LogP contribution in [-0.4, -0.2) is 31.8 Å². The van der Waals surface area contributed by atoms with Gasteiger partial charge in [0.1, 0.15) is 0 Å². The lowest BCUT2D eigenvalue weighted by Crippen LogP contribution is -2.30. The number of likely N-dealkylation sites (N-methyl/N-ethyl adjacent to an activating group) is 1. The Morgan fingerprint density at radius 1 is 1.05 bits per heavy atom. The second-order valence-corrected chi connectivity index (χ2v) is 5.18. The summed E-state index contributed by atoms with van der Waals surface area (Å²) in [5, 5.41) is 5.72. The maximum absolute atomic E-state index is 12.0. The molecule has 0 saturated carbocycles. The fourth-order valence-electron chi connectivity index (χ4n) is 2.02. The minimum absolute atomic E-state index is 0. The van der Waals surface area contributed by atoms with E-state index in [0.717, 1.165) is 13.0 Å². The highest BCUT2D eigenvalue weighted by atomic mass is 35.5. The molecule has 1 aromatic carbocycles. The van der Waals surface area contributed by atoms with Crippen LogP contribution in [0.3, 0.4) is 0 Å². The van der Waals surface area contributed by atoms with Gasteiger partial charge in [0.2, 0.25) is 5.91 Å². The number of rotatable bonds is 10. The molecular weight excluding hydrogens is 300 g/mol. The summed E-state index contributed by atoms with van der Waals surface area (Å²) in [6, 6.07) is 7.75. The van der Waals surface area contributed by atoms with Crippen molar-refractivity contribution in [1.29, 1.82) is 0 Å². The van der Waals surface area contributed by atoms with Gasteiger partial charge in [-0.15, -0.1) is 12.4 Å². The van der Waals surface area contributed by atoms with Crippen LogP contribution in [0, 0.1) is 0 Å². The SMILES string of the molecule is CCCCc1ccc(C(=O)CCC(=O)NCCNC)cc1.Cl. The van der Waals surface area contributed by atoms with Crippen molar-refractivity contribution >= 4 is 24.1 Å². The zero-order valence-corrected chi connectivity index (χ0v) is 14.3. The van der Waals surface area contributed by atoms with Gasteiger partial charge in [0, 0.05) is 31.5 Å². The summed E-state index contributed by atoms with van der Waals surface area (Å²) in [7, 11) is 1.83. The standard InChI is InChI=1S/C17H26N2O2.ClH/c1-3-4-5-14-6-8-15(9-7-14)16(20)10-11-17(21)19-13-12-18-2;/h6-9,18H,3-5,10-13H2,1-2H3,(H,19,21);1H. The highest BCUT2D eigenvalue weighted by molar-refractivity contribution is 5.97. The maximum atomic E-state index is 12.0. The molecule has 0 heterocycles. The van der Waals surface area contributed by atoms with Crippen molar-refractivity contribution in [3.63, 3.8) is 0 Å². The maximum Gasteiger partial charge on any atom is 0.220 e. The summed E-state index contributed by atoms with van der Waals surface area (Å²) < 4.78 is 0. The van der Waals surface area contributed by atoms with Gasteiger partial charge in [-0.3, -0.25) is 9.59 Å². The van der Waals surface area contributed by atoms with Crippen LogP contribution < -0.4 is 10.6 Å². The van der Waals surface area contributed by atoms with Crippen LogP contribution in [0.5, 0.6) is 0 Å². The van der Waals surface area contributed by atoms with Crippen LogP contribution in [0.4, 0.5) is 0 Å². The average Bonchev–Trinajstić information content (AvgIpc) is 2.51. The van der Waals surface area contributed by atoms with Gasteiger partial charge in [-0.1, -0.05) is 37.6 Å². The normalized spacial score (nSPS) is 9.91. The molecule has 0 aliphatic rings. The molecule has 0 radical (unpaired) electrons. The third-order valence-corrected chi connectivity index (χ3v) is 3.37. The molecule has 1 rings (SSSR count). The molecule has 0 spiro atoms. The Hall–Kier alpha value is -1.39. The van der Waals surface area contributed by atoms with Crippen molar-refractivity contribution in [3.8, 4) is 0 Å². The molecule has 1 aromatic rings. The second kappa shape index (κ2) is 12.2.